The molecule has 2 aromatic rings. The molecule has 2 heterocycles. The zero-order valence-electron chi connectivity index (χ0n) is 9.14. The molecule has 2 rings (SSSR count). The number of hydrogen-bond acceptors (Lipinski definition) is 4. The number of thiophene rings is 1. The number of halogens is 1. The molecule has 5 heteroatoms. The van der Waals surface area contributed by atoms with Crippen LogP contribution in [0.15, 0.2) is 27.5 Å². The predicted molar refractivity (Wildman–Crippen MR) is 70.9 cm³/mol. The minimum atomic E-state index is 0.779. The summed E-state index contributed by atoms with van der Waals surface area (Å²) in [4.78, 5) is 10.7. The average Bonchev–Trinajstić information content (AvgIpc) is 2.68. The molecule has 0 aliphatic rings. The Morgan fingerprint density at radius 3 is 2.88 bits per heavy atom. The van der Waals surface area contributed by atoms with E-state index in [4.69, 9.17) is 0 Å². The Labute approximate surface area is 107 Å². The lowest BCUT2D eigenvalue weighted by Crippen LogP contribution is -2.17. The SMILES string of the molecule is Cc1nc(Br)cc(N(C)Cc2ccsc2)n1. The molecule has 0 bridgehead atoms. The predicted octanol–water partition coefficient (Wildman–Crippen LogP) is 3.25. The Balaban J connectivity index is 2.17. The number of aromatic nitrogens is 2. The first-order chi connectivity index (χ1) is 7.65. The standard InChI is InChI=1S/C11H12BrN3S/c1-8-13-10(12)5-11(14-8)15(2)6-9-3-4-16-7-9/h3-5,7H,6H2,1-2H3. The van der Waals surface area contributed by atoms with E-state index in [9.17, 15) is 0 Å². The van der Waals surface area contributed by atoms with Crippen molar-refractivity contribution in [2.75, 3.05) is 11.9 Å². The van der Waals surface area contributed by atoms with Gasteiger partial charge in [0.25, 0.3) is 0 Å². The summed E-state index contributed by atoms with van der Waals surface area (Å²) >= 11 is 5.10. The summed E-state index contributed by atoms with van der Waals surface area (Å²) in [7, 11) is 2.03. The van der Waals surface area contributed by atoms with Gasteiger partial charge in [-0.15, -0.1) is 0 Å². The Bertz CT molecular complexity index is 450. The molecule has 0 atom stereocenters. The monoisotopic (exact) mass is 297 g/mol. The van der Waals surface area contributed by atoms with Crippen LogP contribution in [0.4, 0.5) is 5.82 Å². The number of rotatable bonds is 3. The third-order valence-corrected chi connectivity index (χ3v) is 3.32. The van der Waals surface area contributed by atoms with Crippen LogP contribution in [-0.4, -0.2) is 17.0 Å². The van der Waals surface area contributed by atoms with Crippen LogP contribution in [0.25, 0.3) is 0 Å². The van der Waals surface area contributed by atoms with Crippen LogP contribution in [-0.2, 0) is 6.54 Å². The summed E-state index contributed by atoms with van der Waals surface area (Å²) in [6, 6.07) is 4.06. The van der Waals surface area contributed by atoms with E-state index in [1.54, 1.807) is 11.3 Å². The zero-order chi connectivity index (χ0) is 11.5. The molecule has 84 valence electrons. The van der Waals surface area contributed by atoms with Crippen molar-refractivity contribution < 1.29 is 0 Å². The fourth-order valence-corrected chi connectivity index (χ4v) is 2.57. The largest absolute Gasteiger partial charge is 0.355 e. The second-order valence-corrected chi connectivity index (χ2v) is 5.18. The number of nitrogens with zero attached hydrogens (tertiary/aromatic N) is 3. The Morgan fingerprint density at radius 2 is 2.25 bits per heavy atom. The Kier molecular flexibility index (Phi) is 3.56. The van der Waals surface area contributed by atoms with Crippen LogP contribution in [0, 0.1) is 6.92 Å². The van der Waals surface area contributed by atoms with Gasteiger partial charge in [0.1, 0.15) is 16.2 Å². The molecule has 3 nitrogen and oxygen atoms in total. The second-order valence-electron chi connectivity index (χ2n) is 3.58. The van der Waals surface area contributed by atoms with Gasteiger partial charge in [-0.1, -0.05) is 0 Å². The molecule has 0 spiro atoms. The average molecular weight is 298 g/mol. The summed E-state index contributed by atoms with van der Waals surface area (Å²) in [5.41, 5.74) is 1.31. The van der Waals surface area contributed by atoms with E-state index in [2.05, 4.69) is 47.6 Å². The van der Waals surface area contributed by atoms with Crippen LogP contribution >= 0.6 is 27.3 Å². The highest BCUT2D eigenvalue weighted by atomic mass is 79.9. The number of hydrogen-bond donors (Lipinski definition) is 0. The Hall–Kier alpha value is -0.940. The lowest BCUT2D eigenvalue weighted by atomic mass is 10.3. The van der Waals surface area contributed by atoms with E-state index >= 15 is 0 Å². The molecule has 0 fully saturated rings. The Morgan fingerprint density at radius 1 is 1.44 bits per heavy atom. The van der Waals surface area contributed by atoms with Crippen LogP contribution in [0.5, 0.6) is 0 Å². The minimum Gasteiger partial charge on any atom is -0.355 e. The number of aryl methyl sites for hydroxylation is 1. The lowest BCUT2D eigenvalue weighted by Gasteiger charge is -2.17. The lowest BCUT2D eigenvalue weighted by molar-refractivity contribution is 0.878. The first-order valence-electron chi connectivity index (χ1n) is 4.88. The first kappa shape index (κ1) is 11.5. The summed E-state index contributed by atoms with van der Waals surface area (Å²) in [5, 5.41) is 4.24. The first-order valence-corrected chi connectivity index (χ1v) is 6.62. The van der Waals surface area contributed by atoms with Crippen LogP contribution in [0.1, 0.15) is 11.4 Å². The molecule has 0 N–H and O–H groups in total. The molecule has 0 saturated carbocycles. The molecule has 2 aromatic heterocycles. The van der Waals surface area contributed by atoms with E-state index in [0.717, 1.165) is 22.8 Å². The molecule has 0 unspecified atom stereocenters. The van der Waals surface area contributed by atoms with E-state index < -0.39 is 0 Å². The maximum absolute atomic E-state index is 4.40. The smallest absolute Gasteiger partial charge is 0.133 e. The summed E-state index contributed by atoms with van der Waals surface area (Å²) in [6.45, 7) is 2.76. The molecule has 0 aliphatic carbocycles. The van der Waals surface area contributed by atoms with E-state index in [-0.39, 0.29) is 0 Å². The van der Waals surface area contributed by atoms with Gasteiger partial charge in [0.05, 0.1) is 0 Å². The molecule has 0 saturated heterocycles. The third kappa shape index (κ3) is 2.80. The highest BCUT2D eigenvalue weighted by Gasteiger charge is 2.06. The van der Waals surface area contributed by atoms with Gasteiger partial charge in [0.2, 0.25) is 0 Å². The van der Waals surface area contributed by atoms with E-state index in [1.807, 2.05) is 20.0 Å². The van der Waals surface area contributed by atoms with Gasteiger partial charge in [0.15, 0.2) is 0 Å². The molecular formula is C11H12BrN3S. The molecule has 0 aromatic carbocycles. The minimum absolute atomic E-state index is 0.779. The normalized spacial score (nSPS) is 10.4. The van der Waals surface area contributed by atoms with Gasteiger partial charge in [-0.2, -0.15) is 11.3 Å². The van der Waals surface area contributed by atoms with Crippen molar-refractivity contribution in [2.45, 2.75) is 13.5 Å². The van der Waals surface area contributed by atoms with Crippen molar-refractivity contribution in [1.82, 2.24) is 9.97 Å². The quantitative estimate of drug-likeness (QED) is 0.815. The summed E-state index contributed by atoms with van der Waals surface area (Å²) in [6.07, 6.45) is 0. The van der Waals surface area contributed by atoms with Crippen molar-refractivity contribution >= 4 is 33.1 Å². The summed E-state index contributed by atoms with van der Waals surface area (Å²) < 4.78 is 0.826. The number of anilines is 1. The maximum Gasteiger partial charge on any atom is 0.133 e. The molecular weight excluding hydrogens is 286 g/mol. The zero-order valence-corrected chi connectivity index (χ0v) is 11.5. The van der Waals surface area contributed by atoms with Gasteiger partial charge in [-0.05, 0) is 45.2 Å². The summed E-state index contributed by atoms with van der Waals surface area (Å²) in [5.74, 6) is 1.71. The fraction of sp³-hybridized carbons (Fsp3) is 0.273. The fourth-order valence-electron chi connectivity index (χ4n) is 1.45. The van der Waals surface area contributed by atoms with Crippen LogP contribution in [0.2, 0.25) is 0 Å². The van der Waals surface area contributed by atoms with Gasteiger partial charge >= 0.3 is 0 Å². The van der Waals surface area contributed by atoms with Crippen molar-refractivity contribution in [2.24, 2.45) is 0 Å². The molecule has 16 heavy (non-hydrogen) atoms. The molecule has 0 radical (unpaired) electrons. The van der Waals surface area contributed by atoms with Gasteiger partial charge in [-0.25, -0.2) is 9.97 Å². The van der Waals surface area contributed by atoms with E-state index in [1.165, 1.54) is 5.56 Å². The topological polar surface area (TPSA) is 29.0 Å². The van der Waals surface area contributed by atoms with Crippen molar-refractivity contribution in [3.8, 4) is 0 Å². The maximum atomic E-state index is 4.40. The van der Waals surface area contributed by atoms with Crippen molar-refractivity contribution in [3.05, 3.63) is 38.9 Å². The van der Waals surface area contributed by atoms with Gasteiger partial charge in [-0.3, -0.25) is 0 Å². The highest BCUT2D eigenvalue weighted by Crippen LogP contribution is 2.18. The molecule has 0 aliphatic heterocycles. The van der Waals surface area contributed by atoms with Gasteiger partial charge < -0.3 is 4.90 Å². The molecule has 0 amide bonds. The van der Waals surface area contributed by atoms with Crippen LogP contribution in [0.3, 0.4) is 0 Å². The van der Waals surface area contributed by atoms with E-state index in [0.29, 0.717) is 0 Å². The third-order valence-electron chi connectivity index (χ3n) is 2.18. The van der Waals surface area contributed by atoms with Gasteiger partial charge in [0, 0.05) is 19.7 Å². The van der Waals surface area contributed by atoms with Crippen LogP contribution < -0.4 is 4.90 Å². The van der Waals surface area contributed by atoms with Crippen molar-refractivity contribution in [3.63, 3.8) is 0 Å². The second kappa shape index (κ2) is 4.93. The van der Waals surface area contributed by atoms with Crippen molar-refractivity contribution in [1.29, 1.82) is 0 Å². The highest BCUT2D eigenvalue weighted by molar-refractivity contribution is 9.10.